The van der Waals surface area contributed by atoms with Gasteiger partial charge < -0.3 is 5.11 Å². The average molecular weight is 342 g/mol. The fourth-order valence-electron chi connectivity index (χ4n) is 1.82. The third kappa shape index (κ3) is 3.59. The molecule has 0 aliphatic carbocycles. The molecule has 0 aliphatic rings. The molecule has 0 unspecified atom stereocenters. The van der Waals surface area contributed by atoms with Crippen LogP contribution in [0, 0.1) is 6.92 Å². The van der Waals surface area contributed by atoms with E-state index < -0.39 is 5.97 Å². The summed E-state index contributed by atoms with van der Waals surface area (Å²) in [5.74, 6) is -1.08. The number of aryl methyl sites for hydroxylation is 1. The molecule has 0 aliphatic heterocycles. The molecule has 2 nitrogen and oxygen atoms in total. The highest BCUT2D eigenvalue weighted by Gasteiger charge is 2.14. The number of benzene rings is 2. The molecular formula is C16H11Cl3O2. The van der Waals surface area contributed by atoms with E-state index in [0.717, 1.165) is 5.56 Å². The minimum absolute atomic E-state index is 0.0758. The van der Waals surface area contributed by atoms with E-state index >= 15 is 0 Å². The van der Waals surface area contributed by atoms with Gasteiger partial charge in [0.25, 0.3) is 0 Å². The van der Waals surface area contributed by atoms with E-state index in [4.69, 9.17) is 34.8 Å². The first-order valence-electron chi connectivity index (χ1n) is 6.05. The lowest BCUT2D eigenvalue weighted by molar-refractivity contribution is -0.130. The molecule has 0 spiro atoms. The number of halogens is 3. The Hall–Kier alpha value is -1.48. The topological polar surface area (TPSA) is 37.3 Å². The molecule has 2 aromatic carbocycles. The van der Waals surface area contributed by atoms with Gasteiger partial charge in [-0.05, 0) is 42.3 Å². The number of hydrogen-bond donors (Lipinski definition) is 1. The summed E-state index contributed by atoms with van der Waals surface area (Å²) in [4.78, 5) is 11.5. The van der Waals surface area contributed by atoms with Crippen LogP contribution in [0.5, 0.6) is 0 Å². The number of rotatable bonds is 3. The van der Waals surface area contributed by atoms with Crippen LogP contribution in [-0.4, -0.2) is 11.1 Å². The van der Waals surface area contributed by atoms with E-state index in [-0.39, 0.29) is 5.57 Å². The van der Waals surface area contributed by atoms with Crippen molar-refractivity contribution in [1.29, 1.82) is 0 Å². The van der Waals surface area contributed by atoms with Crippen LogP contribution in [0.1, 0.15) is 16.7 Å². The molecule has 1 N–H and O–H groups in total. The summed E-state index contributed by atoms with van der Waals surface area (Å²) < 4.78 is 0. The zero-order valence-electron chi connectivity index (χ0n) is 11.0. The van der Waals surface area contributed by atoms with Gasteiger partial charge in [-0.1, -0.05) is 53.0 Å². The lowest BCUT2D eigenvalue weighted by atomic mass is 10.0. The van der Waals surface area contributed by atoms with Crippen molar-refractivity contribution >= 4 is 52.4 Å². The van der Waals surface area contributed by atoms with E-state index in [2.05, 4.69) is 0 Å². The van der Waals surface area contributed by atoms with Crippen LogP contribution in [-0.2, 0) is 4.79 Å². The Balaban J connectivity index is 2.61. The van der Waals surface area contributed by atoms with E-state index in [1.54, 1.807) is 36.4 Å². The first-order valence-corrected chi connectivity index (χ1v) is 7.19. The van der Waals surface area contributed by atoms with Gasteiger partial charge in [0.1, 0.15) is 0 Å². The van der Waals surface area contributed by atoms with Crippen molar-refractivity contribution < 1.29 is 9.90 Å². The van der Waals surface area contributed by atoms with Crippen LogP contribution >= 0.6 is 34.8 Å². The van der Waals surface area contributed by atoms with Gasteiger partial charge in [0.15, 0.2) is 0 Å². The monoisotopic (exact) mass is 340 g/mol. The third-order valence-electron chi connectivity index (χ3n) is 3.00. The van der Waals surface area contributed by atoms with Gasteiger partial charge in [0.2, 0.25) is 0 Å². The second kappa shape index (κ2) is 6.52. The van der Waals surface area contributed by atoms with Gasteiger partial charge in [0.05, 0.1) is 5.57 Å². The standard InChI is InChI=1S/C16H11Cl3O2/c1-9-5-6-10(7-15(9)19)11(16(20)21)8-12-13(17)3-2-4-14(12)18/h2-8H,1H3,(H,20,21)/b11-8-. The largest absolute Gasteiger partial charge is 0.478 e. The average Bonchev–Trinajstić information content (AvgIpc) is 2.41. The Bertz CT molecular complexity index is 716. The van der Waals surface area contributed by atoms with Crippen molar-refractivity contribution in [2.75, 3.05) is 0 Å². The summed E-state index contributed by atoms with van der Waals surface area (Å²) in [7, 11) is 0. The van der Waals surface area contributed by atoms with Crippen LogP contribution in [0.15, 0.2) is 36.4 Å². The SMILES string of the molecule is Cc1ccc(/C(=C/c2c(Cl)cccc2Cl)C(=O)O)cc1Cl. The van der Waals surface area contributed by atoms with Crippen LogP contribution in [0.4, 0.5) is 0 Å². The first-order chi connectivity index (χ1) is 9.90. The van der Waals surface area contributed by atoms with E-state index in [0.29, 0.717) is 26.2 Å². The molecule has 0 atom stereocenters. The van der Waals surface area contributed by atoms with Gasteiger partial charge in [-0.3, -0.25) is 0 Å². The van der Waals surface area contributed by atoms with Crippen molar-refractivity contribution in [2.24, 2.45) is 0 Å². The third-order valence-corrected chi connectivity index (χ3v) is 4.07. The second-order valence-electron chi connectivity index (χ2n) is 4.46. The molecule has 0 amide bonds. The predicted octanol–water partition coefficient (Wildman–Crippen LogP) is 5.58. The Morgan fingerprint density at radius 3 is 2.19 bits per heavy atom. The number of carboxylic acids is 1. The quantitative estimate of drug-likeness (QED) is 0.584. The Labute approximate surface area is 137 Å². The predicted molar refractivity (Wildman–Crippen MR) is 88.2 cm³/mol. The zero-order valence-corrected chi connectivity index (χ0v) is 13.3. The molecule has 0 heterocycles. The van der Waals surface area contributed by atoms with Gasteiger partial charge in [-0.2, -0.15) is 0 Å². The maximum absolute atomic E-state index is 11.5. The van der Waals surface area contributed by atoms with Crippen molar-refractivity contribution in [2.45, 2.75) is 6.92 Å². The van der Waals surface area contributed by atoms with Crippen molar-refractivity contribution in [3.8, 4) is 0 Å². The van der Waals surface area contributed by atoms with Crippen LogP contribution < -0.4 is 0 Å². The summed E-state index contributed by atoms with van der Waals surface area (Å²) >= 11 is 18.2. The molecule has 0 fully saturated rings. The summed E-state index contributed by atoms with van der Waals surface area (Å²) in [6, 6.07) is 10.1. The van der Waals surface area contributed by atoms with E-state index in [1.807, 2.05) is 6.92 Å². The Morgan fingerprint density at radius 2 is 1.67 bits per heavy atom. The molecule has 21 heavy (non-hydrogen) atoms. The summed E-state index contributed by atoms with van der Waals surface area (Å²) in [5, 5.41) is 10.7. The fourth-order valence-corrected chi connectivity index (χ4v) is 2.51. The van der Waals surface area contributed by atoms with Crippen molar-refractivity contribution in [3.05, 3.63) is 68.2 Å². The molecule has 5 heteroatoms. The lowest BCUT2D eigenvalue weighted by Gasteiger charge is -2.07. The number of carboxylic acid groups (broad SMARTS) is 1. The van der Waals surface area contributed by atoms with Crippen molar-refractivity contribution in [3.63, 3.8) is 0 Å². The van der Waals surface area contributed by atoms with Gasteiger partial charge >= 0.3 is 5.97 Å². The Kier molecular flexibility index (Phi) is 4.94. The lowest BCUT2D eigenvalue weighted by Crippen LogP contribution is -2.00. The van der Waals surface area contributed by atoms with Gasteiger partial charge in [-0.15, -0.1) is 0 Å². The highest BCUT2D eigenvalue weighted by Crippen LogP contribution is 2.30. The minimum Gasteiger partial charge on any atom is -0.478 e. The molecule has 2 aromatic rings. The van der Waals surface area contributed by atoms with E-state index in [9.17, 15) is 9.90 Å². The molecular weight excluding hydrogens is 331 g/mol. The number of hydrogen-bond acceptors (Lipinski definition) is 1. The molecule has 2 rings (SSSR count). The Morgan fingerprint density at radius 1 is 1.05 bits per heavy atom. The normalized spacial score (nSPS) is 11.5. The highest BCUT2D eigenvalue weighted by atomic mass is 35.5. The molecule has 108 valence electrons. The molecule has 0 saturated carbocycles. The number of carbonyl (C=O) groups is 1. The maximum Gasteiger partial charge on any atom is 0.336 e. The van der Waals surface area contributed by atoms with Crippen molar-refractivity contribution in [1.82, 2.24) is 0 Å². The smallest absolute Gasteiger partial charge is 0.336 e. The van der Waals surface area contributed by atoms with Gasteiger partial charge in [-0.25, -0.2) is 4.79 Å². The zero-order chi connectivity index (χ0) is 15.6. The van der Waals surface area contributed by atoms with E-state index in [1.165, 1.54) is 6.08 Å². The second-order valence-corrected chi connectivity index (χ2v) is 5.68. The first kappa shape index (κ1) is 15.9. The van der Waals surface area contributed by atoms with Crippen LogP contribution in [0.25, 0.3) is 11.6 Å². The molecule has 0 aromatic heterocycles. The minimum atomic E-state index is -1.08. The molecule has 0 saturated heterocycles. The van der Waals surface area contributed by atoms with Crippen LogP contribution in [0.2, 0.25) is 15.1 Å². The maximum atomic E-state index is 11.5. The van der Waals surface area contributed by atoms with Crippen LogP contribution in [0.3, 0.4) is 0 Å². The highest BCUT2D eigenvalue weighted by molar-refractivity contribution is 6.38. The summed E-state index contributed by atoms with van der Waals surface area (Å²) in [5.41, 5.74) is 1.91. The summed E-state index contributed by atoms with van der Waals surface area (Å²) in [6.07, 6.45) is 1.45. The fraction of sp³-hybridized carbons (Fsp3) is 0.0625. The number of aliphatic carboxylic acids is 1. The molecule has 0 bridgehead atoms. The summed E-state index contributed by atoms with van der Waals surface area (Å²) in [6.45, 7) is 1.85. The molecule has 0 radical (unpaired) electrons. The van der Waals surface area contributed by atoms with Gasteiger partial charge in [0, 0.05) is 20.6 Å².